The van der Waals surface area contributed by atoms with Crippen molar-refractivity contribution in [3.05, 3.63) is 46.9 Å². The lowest BCUT2D eigenvalue weighted by atomic mass is 10.1. The molecule has 25 heavy (non-hydrogen) atoms. The zero-order valence-corrected chi connectivity index (χ0v) is 14.7. The van der Waals surface area contributed by atoms with E-state index in [1.165, 1.54) is 11.0 Å². The first kappa shape index (κ1) is 18.4. The molecule has 0 spiro atoms. The molecule has 0 saturated carbocycles. The van der Waals surface area contributed by atoms with E-state index < -0.39 is 5.97 Å². The van der Waals surface area contributed by atoms with E-state index in [0.29, 0.717) is 28.6 Å². The summed E-state index contributed by atoms with van der Waals surface area (Å²) in [6, 6.07) is 6.70. The molecule has 2 aromatic rings. The van der Waals surface area contributed by atoms with E-state index in [2.05, 4.69) is 0 Å². The Morgan fingerprint density at radius 3 is 2.48 bits per heavy atom. The van der Waals surface area contributed by atoms with Crippen molar-refractivity contribution in [2.24, 2.45) is 0 Å². The van der Waals surface area contributed by atoms with Crippen LogP contribution in [0.1, 0.15) is 27.4 Å². The van der Waals surface area contributed by atoms with Crippen LogP contribution in [0.25, 0.3) is 0 Å². The summed E-state index contributed by atoms with van der Waals surface area (Å²) in [4.78, 5) is 25.0. The van der Waals surface area contributed by atoms with Crippen LogP contribution in [0.15, 0.2) is 28.7 Å². The maximum atomic E-state index is 12.5. The van der Waals surface area contributed by atoms with Crippen molar-refractivity contribution in [3.8, 4) is 11.5 Å². The third-order valence-corrected chi connectivity index (χ3v) is 3.85. The highest BCUT2D eigenvalue weighted by Gasteiger charge is 2.18. The molecule has 134 valence electrons. The average molecular weight is 347 g/mol. The van der Waals surface area contributed by atoms with Crippen LogP contribution in [0.4, 0.5) is 0 Å². The van der Waals surface area contributed by atoms with Gasteiger partial charge in [0.1, 0.15) is 28.6 Å². The monoisotopic (exact) mass is 347 g/mol. The lowest BCUT2D eigenvalue weighted by molar-refractivity contribution is -0.129. The number of hydrogen-bond donors (Lipinski definition) is 1. The molecule has 0 atom stereocenters. The van der Waals surface area contributed by atoms with Crippen molar-refractivity contribution >= 4 is 11.9 Å². The summed E-state index contributed by atoms with van der Waals surface area (Å²) in [5, 5.41) is 9.06. The van der Waals surface area contributed by atoms with Crippen LogP contribution in [0.2, 0.25) is 0 Å². The molecular weight excluding hydrogens is 326 g/mol. The minimum atomic E-state index is -1.05. The van der Waals surface area contributed by atoms with E-state index in [9.17, 15) is 9.59 Å². The second kappa shape index (κ2) is 7.74. The zero-order chi connectivity index (χ0) is 18.6. The van der Waals surface area contributed by atoms with Gasteiger partial charge >= 0.3 is 5.97 Å². The van der Waals surface area contributed by atoms with Gasteiger partial charge in [0, 0.05) is 12.6 Å². The van der Waals surface area contributed by atoms with E-state index in [4.69, 9.17) is 19.0 Å². The summed E-state index contributed by atoms with van der Waals surface area (Å²) >= 11 is 0. The number of carboxylic acid groups (broad SMARTS) is 1. The average Bonchev–Trinajstić information content (AvgIpc) is 2.95. The molecule has 1 amide bonds. The number of amides is 1. The van der Waals surface area contributed by atoms with Gasteiger partial charge in [-0.25, -0.2) is 4.79 Å². The van der Waals surface area contributed by atoms with Gasteiger partial charge in [0.25, 0.3) is 0 Å². The van der Waals surface area contributed by atoms with Crippen molar-refractivity contribution < 1.29 is 28.6 Å². The lowest BCUT2D eigenvalue weighted by Crippen LogP contribution is -2.27. The van der Waals surface area contributed by atoms with Crippen molar-refractivity contribution in [1.29, 1.82) is 0 Å². The van der Waals surface area contributed by atoms with Crippen LogP contribution in [0.5, 0.6) is 11.5 Å². The molecule has 1 aromatic carbocycles. The molecule has 1 heterocycles. The fourth-order valence-electron chi connectivity index (χ4n) is 2.47. The van der Waals surface area contributed by atoms with Gasteiger partial charge in [0.05, 0.1) is 27.2 Å². The highest BCUT2D eigenvalue weighted by Crippen LogP contribution is 2.25. The van der Waals surface area contributed by atoms with Crippen LogP contribution in [-0.4, -0.2) is 43.2 Å². The first-order valence-electron chi connectivity index (χ1n) is 7.63. The van der Waals surface area contributed by atoms with E-state index in [-0.39, 0.29) is 24.4 Å². The van der Waals surface area contributed by atoms with Gasteiger partial charge in [-0.05, 0) is 31.2 Å². The number of aromatic carboxylic acids is 1. The van der Waals surface area contributed by atoms with E-state index in [1.807, 2.05) is 0 Å². The van der Waals surface area contributed by atoms with E-state index >= 15 is 0 Å². The third-order valence-electron chi connectivity index (χ3n) is 3.85. The van der Waals surface area contributed by atoms with Gasteiger partial charge in [-0.3, -0.25) is 4.79 Å². The number of carbonyl (C=O) groups is 2. The molecule has 0 aliphatic carbocycles. The second-order valence-corrected chi connectivity index (χ2v) is 5.59. The van der Waals surface area contributed by atoms with E-state index in [0.717, 1.165) is 0 Å². The Labute approximate surface area is 145 Å². The number of methoxy groups -OCH3 is 2. The lowest BCUT2D eigenvalue weighted by Gasteiger charge is -2.17. The van der Waals surface area contributed by atoms with Crippen LogP contribution in [0, 0.1) is 6.92 Å². The van der Waals surface area contributed by atoms with Crippen molar-refractivity contribution in [2.75, 3.05) is 21.3 Å². The molecule has 0 aliphatic rings. The number of rotatable bonds is 7. The molecule has 0 fully saturated rings. The summed E-state index contributed by atoms with van der Waals surface area (Å²) < 4.78 is 15.9. The zero-order valence-electron chi connectivity index (χ0n) is 14.7. The summed E-state index contributed by atoms with van der Waals surface area (Å²) in [6.45, 7) is 1.76. The highest BCUT2D eigenvalue weighted by molar-refractivity contribution is 5.88. The number of ether oxygens (including phenoxy) is 2. The molecular formula is C18H21NO6. The summed E-state index contributed by atoms with van der Waals surface area (Å²) in [5.74, 6) is 0.768. The fraction of sp³-hybridized carbons (Fsp3) is 0.333. The number of hydrogen-bond acceptors (Lipinski definition) is 5. The minimum absolute atomic E-state index is 0.102. The van der Waals surface area contributed by atoms with Crippen molar-refractivity contribution in [3.63, 3.8) is 0 Å². The summed E-state index contributed by atoms with van der Waals surface area (Å²) in [7, 11) is 4.73. The number of carbonyl (C=O) groups excluding carboxylic acids is 1. The molecule has 7 nitrogen and oxygen atoms in total. The molecule has 0 bridgehead atoms. The molecule has 0 aliphatic heterocycles. The molecule has 1 aromatic heterocycles. The first-order chi connectivity index (χ1) is 11.8. The number of nitrogens with zero attached hydrogens (tertiary/aromatic N) is 1. The van der Waals surface area contributed by atoms with E-state index in [1.54, 1.807) is 46.4 Å². The van der Waals surface area contributed by atoms with Gasteiger partial charge < -0.3 is 23.9 Å². The van der Waals surface area contributed by atoms with Gasteiger partial charge in [-0.2, -0.15) is 0 Å². The Bertz CT molecular complexity index is 780. The topological polar surface area (TPSA) is 89.2 Å². The SMILES string of the molecule is COc1ccc(OC)c(CC(=O)N(C)Cc2cc(C(=O)O)c(C)o2)c1. The maximum Gasteiger partial charge on any atom is 0.339 e. The van der Waals surface area contributed by atoms with Crippen molar-refractivity contribution in [1.82, 2.24) is 4.90 Å². The Balaban J connectivity index is 2.10. The Kier molecular flexibility index (Phi) is 5.69. The van der Waals surface area contributed by atoms with Crippen LogP contribution in [0.3, 0.4) is 0 Å². The number of furan rings is 1. The van der Waals surface area contributed by atoms with Crippen LogP contribution >= 0.6 is 0 Å². The number of carboxylic acids is 1. The second-order valence-electron chi connectivity index (χ2n) is 5.59. The Morgan fingerprint density at radius 2 is 1.92 bits per heavy atom. The van der Waals surface area contributed by atoms with Crippen LogP contribution in [-0.2, 0) is 17.8 Å². The molecule has 7 heteroatoms. The summed E-state index contributed by atoms with van der Waals surface area (Å²) in [6.07, 6.45) is 0.127. The van der Waals surface area contributed by atoms with Gasteiger partial charge in [0.2, 0.25) is 5.91 Å². The fourth-order valence-corrected chi connectivity index (χ4v) is 2.47. The smallest absolute Gasteiger partial charge is 0.339 e. The Hall–Kier alpha value is -2.96. The molecule has 2 rings (SSSR count). The van der Waals surface area contributed by atoms with Gasteiger partial charge in [-0.1, -0.05) is 0 Å². The van der Waals surface area contributed by atoms with Crippen LogP contribution < -0.4 is 9.47 Å². The predicted molar refractivity (Wildman–Crippen MR) is 90.1 cm³/mol. The predicted octanol–water partition coefficient (Wildman–Crippen LogP) is 2.50. The number of aryl methyl sites for hydroxylation is 1. The molecule has 0 saturated heterocycles. The standard InChI is InChI=1S/C18H21NO6/c1-11-15(18(21)22)9-14(25-11)10-19(2)17(20)8-12-7-13(23-3)5-6-16(12)24-4/h5-7,9H,8,10H2,1-4H3,(H,21,22). The number of likely N-dealkylation sites (N-methyl/N-ethyl adjacent to an activating group) is 1. The number of benzene rings is 1. The summed E-state index contributed by atoms with van der Waals surface area (Å²) in [5.41, 5.74) is 0.811. The highest BCUT2D eigenvalue weighted by atomic mass is 16.5. The maximum absolute atomic E-state index is 12.5. The van der Waals surface area contributed by atoms with Gasteiger partial charge in [-0.15, -0.1) is 0 Å². The minimum Gasteiger partial charge on any atom is -0.497 e. The molecule has 0 unspecified atom stereocenters. The quantitative estimate of drug-likeness (QED) is 0.828. The first-order valence-corrected chi connectivity index (χ1v) is 7.63. The van der Waals surface area contributed by atoms with Gasteiger partial charge in [0.15, 0.2) is 0 Å². The molecule has 0 radical (unpaired) electrons. The Morgan fingerprint density at radius 1 is 1.20 bits per heavy atom. The largest absolute Gasteiger partial charge is 0.497 e. The van der Waals surface area contributed by atoms with Crippen molar-refractivity contribution in [2.45, 2.75) is 19.9 Å². The normalized spacial score (nSPS) is 10.4. The molecule has 1 N–H and O–H groups in total. The third kappa shape index (κ3) is 4.32.